The Kier molecular flexibility index (Phi) is 10.3. The first-order valence-corrected chi connectivity index (χ1v) is 1.45. The van der Waals surface area contributed by atoms with Crippen LogP contribution in [0.1, 0.15) is 8.35 Å². The molecule has 6 heavy (non-hydrogen) atoms. The van der Waals surface area contributed by atoms with Crippen molar-refractivity contribution in [3.8, 4) is 0 Å². The molecule has 0 rings (SSSR count). The minimum atomic E-state index is 0. The molecule has 0 aliphatic rings. The molecule has 0 atom stereocenters. The van der Waals surface area contributed by atoms with Crippen molar-refractivity contribution in [2.45, 2.75) is 6.92 Å². The first-order chi connectivity index (χ1) is 2.27. The van der Waals surface area contributed by atoms with E-state index in [1.807, 2.05) is 0 Å². The predicted molar refractivity (Wildman–Crippen MR) is 20.9 cm³/mol. The molecule has 1 amide bonds. The maximum Gasteiger partial charge on any atom is 1.00 e. The van der Waals surface area contributed by atoms with E-state index in [-0.39, 0.29) is 58.7 Å². The van der Waals surface area contributed by atoms with Crippen molar-refractivity contribution in [1.82, 2.24) is 5.32 Å². The number of hydrogen-bond donors (Lipinski definition) is 1. The SMILES string of the molecule is CNC(C)=O.[H-].[K+]. The molecule has 32 valence electrons. The molecule has 0 unspecified atom stereocenters. The number of hydrogen-bond acceptors (Lipinski definition) is 1. The van der Waals surface area contributed by atoms with Crippen LogP contribution < -0.4 is 56.7 Å². The van der Waals surface area contributed by atoms with Crippen LogP contribution in [0.2, 0.25) is 0 Å². The Labute approximate surface area is 81.6 Å². The summed E-state index contributed by atoms with van der Waals surface area (Å²) < 4.78 is 0. The van der Waals surface area contributed by atoms with Crippen LogP contribution >= 0.6 is 0 Å². The van der Waals surface area contributed by atoms with E-state index in [0.29, 0.717) is 0 Å². The molecule has 0 aliphatic carbocycles. The molecule has 0 spiro atoms. The Morgan fingerprint density at radius 2 is 2.00 bits per heavy atom. The minimum absolute atomic E-state index is 0. The fraction of sp³-hybridized carbons (Fsp3) is 0.667. The third-order valence-electron chi connectivity index (χ3n) is 0.352. The number of carbonyl (C=O) groups excluding carboxylic acids is 1. The van der Waals surface area contributed by atoms with Gasteiger partial charge in [-0.15, -0.1) is 0 Å². The molecule has 0 aromatic rings. The first-order valence-electron chi connectivity index (χ1n) is 1.45. The van der Waals surface area contributed by atoms with E-state index < -0.39 is 0 Å². The van der Waals surface area contributed by atoms with Crippen LogP contribution in [0, 0.1) is 0 Å². The summed E-state index contributed by atoms with van der Waals surface area (Å²) in [5.41, 5.74) is 0. The van der Waals surface area contributed by atoms with Crippen LogP contribution in [0.25, 0.3) is 0 Å². The Bertz CT molecular complexity index is 50.2. The summed E-state index contributed by atoms with van der Waals surface area (Å²) in [6, 6.07) is 0. The van der Waals surface area contributed by atoms with Gasteiger partial charge in [0.1, 0.15) is 0 Å². The molecule has 1 N–H and O–H groups in total. The number of amides is 1. The summed E-state index contributed by atoms with van der Waals surface area (Å²) in [5, 5.41) is 2.39. The van der Waals surface area contributed by atoms with Gasteiger partial charge in [-0.1, -0.05) is 0 Å². The summed E-state index contributed by atoms with van der Waals surface area (Å²) in [4.78, 5) is 9.70. The average molecular weight is 113 g/mol. The van der Waals surface area contributed by atoms with Crippen LogP contribution in [-0.2, 0) is 4.79 Å². The quantitative estimate of drug-likeness (QED) is 0.331. The van der Waals surface area contributed by atoms with Crippen molar-refractivity contribution in [2.75, 3.05) is 7.05 Å². The molecule has 0 bridgehead atoms. The fourth-order valence-electron chi connectivity index (χ4n) is 0. The largest absolute Gasteiger partial charge is 1.00 e. The topological polar surface area (TPSA) is 29.1 Å². The van der Waals surface area contributed by atoms with Gasteiger partial charge < -0.3 is 6.74 Å². The van der Waals surface area contributed by atoms with Gasteiger partial charge in [0.2, 0.25) is 5.91 Å². The van der Waals surface area contributed by atoms with E-state index in [0.717, 1.165) is 0 Å². The van der Waals surface area contributed by atoms with Crippen LogP contribution in [0.5, 0.6) is 0 Å². The fourth-order valence-corrected chi connectivity index (χ4v) is 0. The van der Waals surface area contributed by atoms with Crippen LogP contribution in [0.3, 0.4) is 0 Å². The van der Waals surface area contributed by atoms with E-state index in [9.17, 15) is 4.79 Å². The molecule has 0 radical (unpaired) electrons. The number of carbonyl (C=O) groups is 1. The molecule has 0 aromatic carbocycles. The Balaban J connectivity index is -0.0000000800. The molecule has 0 saturated carbocycles. The Morgan fingerprint density at radius 3 is 2.00 bits per heavy atom. The summed E-state index contributed by atoms with van der Waals surface area (Å²) in [6.45, 7) is 1.47. The van der Waals surface area contributed by atoms with Gasteiger partial charge >= 0.3 is 51.4 Å². The molecule has 2 nitrogen and oxygen atoms in total. The van der Waals surface area contributed by atoms with Crippen LogP contribution in [0.4, 0.5) is 0 Å². The summed E-state index contributed by atoms with van der Waals surface area (Å²) in [7, 11) is 1.60. The Hall–Kier alpha value is 1.11. The van der Waals surface area contributed by atoms with E-state index in [4.69, 9.17) is 0 Å². The first kappa shape index (κ1) is 10.2. The third-order valence-corrected chi connectivity index (χ3v) is 0.352. The zero-order valence-electron chi connectivity index (χ0n) is 5.41. The van der Waals surface area contributed by atoms with Crippen molar-refractivity contribution in [1.29, 1.82) is 0 Å². The number of rotatable bonds is 0. The van der Waals surface area contributed by atoms with Crippen molar-refractivity contribution in [2.24, 2.45) is 0 Å². The molecule has 0 aliphatic heterocycles. The molecular weight excluding hydrogens is 105 g/mol. The Morgan fingerprint density at radius 1 is 1.83 bits per heavy atom. The molecule has 0 saturated heterocycles. The van der Waals surface area contributed by atoms with Gasteiger partial charge in [0.15, 0.2) is 0 Å². The monoisotopic (exact) mass is 113 g/mol. The van der Waals surface area contributed by atoms with E-state index in [1.165, 1.54) is 6.92 Å². The van der Waals surface area contributed by atoms with Gasteiger partial charge in [-0.2, -0.15) is 0 Å². The zero-order chi connectivity index (χ0) is 4.28. The summed E-state index contributed by atoms with van der Waals surface area (Å²) in [5.74, 6) is 0.00463. The van der Waals surface area contributed by atoms with Crippen molar-refractivity contribution in [3.05, 3.63) is 0 Å². The van der Waals surface area contributed by atoms with Crippen molar-refractivity contribution >= 4 is 5.91 Å². The van der Waals surface area contributed by atoms with Gasteiger partial charge in [0.05, 0.1) is 0 Å². The van der Waals surface area contributed by atoms with Crippen molar-refractivity contribution in [3.63, 3.8) is 0 Å². The van der Waals surface area contributed by atoms with Crippen LogP contribution in [0.15, 0.2) is 0 Å². The average Bonchev–Trinajstić information content (AvgIpc) is 1.38. The molecular formula is C3H8KNO. The van der Waals surface area contributed by atoms with E-state index >= 15 is 0 Å². The van der Waals surface area contributed by atoms with Gasteiger partial charge in [-0.25, -0.2) is 0 Å². The maximum absolute atomic E-state index is 9.70. The van der Waals surface area contributed by atoms with E-state index in [2.05, 4.69) is 5.32 Å². The minimum Gasteiger partial charge on any atom is -1.00 e. The second-order valence-electron chi connectivity index (χ2n) is 0.806. The third kappa shape index (κ3) is 8.92. The predicted octanol–water partition coefficient (Wildman–Crippen LogP) is -3.13. The van der Waals surface area contributed by atoms with Gasteiger partial charge in [-0.3, -0.25) is 4.79 Å². The molecule has 3 heteroatoms. The van der Waals surface area contributed by atoms with Crippen LogP contribution in [-0.4, -0.2) is 13.0 Å². The second-order valence-corrected chi connectivity index (χ2v) is 0.806. The molecule has 0 heterocycles. The zero-order valence-corrected chi connectivity index (χ0v) is 7.53. The summed E-state index contributed by atoms with van der Waals surface area (Å²) >= 11 is 0. The number of nitrogens with one attached hydrogen (secondary N) is 1. The van der Waals surface area contributed by atoms with Crippen molar-refractivity contribution < 1.29 is 57.6 Å². The molecule has 0 aromatic heterocycles. The summed E-state index contributed by atoms with van der Waals surface area (Å²) in [6.07, 6.45) is 0. The van der Waals surface area contributed by atoms with Gasteiger partial charge in [0.25, 0.3) is 0 Å². The standard InChI is InChI=1S/C3H7NO.K.H/c1-3(5)4-2;;/h1-2H3,(H,4,5);;/q;+1;-1. The van der Waals surface area contributed by atoms with Gasteiger partial charge in [0, 0.05) is 14.0 Å². The maximum atomic E-state index is 9.70. The smallest absolute Gasteiger partial charge is 1.00 e. The second kappa shape index (κ2) is 6.11. The van der Waals surface area contributed by atoms with E-state index in [1.54, 1.807) is 7.05 Å². The van der Waals surface area contributed by atoms with Gasteiger partial charge in [-0.05, 0) is 0 Å². The normalized spacial score (nSPS) is 5.67. The molecule has 0 fully saturated rings.